The molecule has 0 fully saturated rings. The number of ether oxygens (including phenoxy) is 3. The second kappa shape index (κ2) is 9.07. The summed E-state index contributed by atoms with van der Waals surface area (Å²) in [7, 11) is 4.16. The van der Waals surface area contributed by atoms with E-state index in [4.69, 9.17) is 14.2 Å². The predicted octanol–water partition coefficient (Wildman–Crippen LogP) is 1.99. The van der Waals surface area contributed by atoms with E-state index in [2.05, 4.69) is 9.97 Å². The third-order valence-corrected chi connectivity index (χ3v) is 4.90. The van der Waals surface area contributed by atoms with E-state index in [1.54, 1.807) is 6.07 Å². The Morgan fingerprint density at radius 2 is 1.81 bits per heavy atom. The zero-order valence-electron chi connectivity index (χ0n) is 14.2. The molecular weight excluding hydrogens is 391 g/mol. The quantitative estimate of drug-likeness (QED) is 0.459. The number of rotatable bonds is 6. The van der Waals surface area contributed by atoms with Crippen molar-refractivity contribution < 1.29 is 27.6 Å². The summed E-state index contributed by atoms with van der Waals surface area (Å²) < 4.78 is 56.6. The molecule has 2 aromatic heterocycles. The predicted molar refractivity (Wildman–Crippen MR) is 97.4 cm³/mol. The van der Waals surface area contributed by atoms with E-state index in [-0.39, 0.29) is 62.6 Å². The SMILES string of the molecule is COc1ccnc(C[S+]([O-])c2nc3c(F)c(OC)ccc3n2F)c1OC.[NaH]. The van der Waals surface area contributed by atoms with E-state index in [9.17, 15) is 13.4 Å². The fourth-order valence-electron chi connectivity index (χ4n) is 2.48. The summed E-state index contributed by atoms with van der Waals surface area (Å²) in [6.45, 7) is 0. The summed E-state index contributed by atoms with van der Waals surface area (Å²) >= 11 is -1.95. The first-order chi connectivity index (χ1) is 12.5. The monoisotopic (exact) mass is 407 g/mol. The number of hydrogen-bond donors (Lipinski definition) is 0. The van der Waals surface area contributed by atoms with Gasteiger partial charge in [0, 0.05) is 23.4 Å². The second-order valence-electron chi connectivity index (χ2n) is 5.11. The molecule has 1 aromatic carbocycles. The Labute approximate surface area is 179 Å². The standard InChI is InChI=1S/C16H15F2N3O4S.Na.H/c1-23-11-5-4-10-14(13(11)17)20-16(21(10)18)26(22)8-9-15(25-3)12(24-2)6-7-19-9;;/h4-7H,8H2,1-3H3;;. The number of hydrogen-bond acceptors (Lipinski definition) is 6. The van der Waals surface area contributed by atoms with Crippen LogP contribution >= 0.6 is 0 Å². The number of methoxy groups -OCH3 is 3. The molecule has 27 heavy (non-hydrogen) atoms. The first kappa shape index (κ1) is 21.7. The van der Waals surface area contributed by atoms with Gasteiger partial charge in [-0.15, -0.1) is 4.79 Å². The van der Waals surface area contributed by atoms with Crippen LogP contribution in [0.25, 0.3) is 11.0 Å². The van der Waals surface area contributed by atoms with Gasteiger partial charge in [-0.1, -0.05) is 4.48 Å². The fraction of sp³-hybridized carbons (Fsp3) is 0.250. The van der Waals surface area contributed by atoms with Crippen LogP contribution in [0.2, 0.25) is 0 Å². The Hall–Kier alpha value is -1.59. The van der Waals surface area contributed by atoms with Gasteiger partial charge in [0.1, 0.15) is 16.7 Å². The van der Waals surface area contributed by atoms with E-state index < -0.39 is 22.1 Å². The topological polar surface area (TPSA) is 81.5 Å². The molecule has 0 N–H and O–H groups in total. The molecule has 0 saturated heterocycles. The van der Waals surface area contributed by atoms with Crippen molar-refractivity contribution in [2.45, 2.75) is 10.9 Å². The van der Waals surface area contributed by atoms with Crippen LogP contribution in [-0.2, 0) is 16.9 Å². The average molecular weight is 407 g/mol. The number of halogens is 2. The van der Waals surface area contributed by atoms with Crippen LogP contribution in [0.1, 0.15) is 5.69 Å². The Morgan fingerprint density at radius 3 is 2.44 bits per heavy atom. The molecule has 0 saturated carbocycles. The van der Waals surface area contributed by atoms with Crippen molar-refractivity contribution in [2.75, 3.05) is 21.3 Å². The molecule has 3 rings (SSSR count). The van der Waals surface area contributed by atoms with Crippen LogP contribution < -0.4 is 14.2 Å². The van der Waals surface area contributed by atoms with Gasteiger partial charge in [-0.05, 0) is 12.1 Å². The van der Waals surface area contributed by atoms with Gasteiger partial charge in [-0.3, -0.25) is 4.98 Å². The van der Waals surface area contributed by atoms with Crippen molar-refractivity contribution in [3.05, 3.63) is 35.9 Å². The molecule has 7 nitrogen and oxygen atoms in total. The van der Waals surface area contributed by atoms with Crippen LogP contribution in [0.15, 0.2) is 29.6 Å². The molecule has 2 heterocycles. The second-order valence-corrected chi connectivity index (χ2v) is 6.45. The zero-order valence-corrected chi connectivity index (χ0v) is 15.0. The third-order valence-electron chi connectivity index (χ3n) is 3.70. The van der Waals surface area contributed by atoms with E-state index in [0.29, 0.717) is 11.4 Å². The van der Waals surface area contributed by atoms with Crippen LogP contribution in [0, 0.1) is 5.82 Å². The van der Waals surface area contributed by atoms with Crippen LogP contribution in [-0.4, -0.2) is 70.2 Å². The molecule has 0 aliphatic rings. The van der Waals surface area contributed by atoms with Gasteiger partial charge in [-0.2, -0.15) is 4.98 Å². The van der Waals surface area contributed by atoms with E-state index in [1.165, 1.54) is 39.7 Å². The maximum atomic E-state index is 14.5. The number of imidazole rings is 1. The van der Waals surface area contributed by atoms with Crippen molar-refractivity contribution in [2.24, 2.45) is 0 Å². The Balaban J connectivity index is 0.00000261. The summed E-state index contributed by atoms with van der Waals surface area (Å²) in [5, 5.41) is -0.432. The van der Waals surface area contributed by atoms with Crippen LogP contribution in [0.5, 0.6) is 17.2 Å². The molecular formula is C16H16F2N3NaO4S. The van der Waals surface area contributed by atoms with Crippen molar-refractivity contribution in [1.29, 1.82) is 0 Å². The van der Waals surface area contributed by atoms with Gasteiger partial charge in [-0.25, -0.2) is 4.39 Å². The molecule has 0 bridgehead atoms. The molecule has 140 valence electrons. The summed E-state index contributed by atoms with van der Waals surface area (Å²) in [4.78, 5) is 8.05. The number of pyridine rings is 1. The normalized spacial score (nSPS) is 11.8. The third kappa shape index (κ3) is 3.99. The molecule has 0 radical (unpaired) electrons. The number of fused-ring (bicyclic) bond motifs is 1. The molecule has 0 aliphatic heterocycles. The number of aromatic nitrogens is 3. The first-order valence-electron chi connectivity index (χ1n) is 7.37. The number of nitrogens with zero attached hydrogens (tertiary/aromatic N) is 3. The fourth-order valence-corrected chi connectivity index (χ4v) is 3.54. The van der Waals surface area contributed by atoms with Crippen molar-refractivity contribution in [3.63, 3.8) is 0 Å². The van der Waals surface area contributed by atoms with Gasteiger partial charge in [0.05, 0.1) is 21.3 Å². The van der Waals surface area contributed by atoms with Crippen molar-refractivity contribution in [1.82, 2.24) is 14.8 Å². The first-order valence-corrected chi connectivity index (χ1v) is 8.69. The molecule has 1 atom stereocenters. The molecule has 1 unspecified atom stereocenters. The van der Waals surface area contributed by atoms with Gasteiger partial charge in [0.15, 0.2) is 28.8 Å². The van der Waals surface area contributed by atoms with Gasteiger partial charge in [0.25, 0.3) is 0 Å². The number of benzene rings is 1. The average Bonchev–Trinajstić information content (AvgIpc) is 2.99. The van der Waals surface area contributed by atoms with E-state index in [1.807, 2.05) is 0 Å². The van der Waals surface area contributed by atoms with Gasteiger partial charge >= 0.3 is 34.7 Å². The van der Waals surface area contributed by atoms with E-state index >= 15 is 0 Å². The maximum absolute atomic E-state index is 14.5. The van der Waals surface area contributed by atoms with Crippen LogP contribution in [0.4, 0.5) is 8.87 Å². The Bertz CT molecular complexity index is 957. The summed E-state index contributed by atoms with van der Waals surface area (Å²) in [6, 6.07) is 4.15. The van der Waals surface area contributed by atoms with Crippen LogP contribution in [0.3, 0.4) is 0 Å². The summed E-state index contributed by atoms with van der Waals surface area (Å²) in [5.74, 6) is -0.399. The minimum atomic E-state index is -1.95. The molecule has 0 aliphatic carbocycles. The van der Waals surface area contributed by atoms with Crippen molar-refractivity contribution in [3.8, 4) is 17.2 Å². The van der Waals surface area contributed by atoms with E-state index in [0.717, 1.165) is 0 Å². The minimum absolute atomic E-state index is 0. The Morgan fingerprint density at radius 1 is 1.11 bits per heavy atom. The molecule has 0 amide bonds. The molecule has 3 aromatic rings. The summed E-state index contributed by atoms with van der Waals surface area (Å²) in [6.07, 6.45) is 1.46. The van der Waals surface area contributed by atoms with Gasteiger partial charge in [0.2, 0.25) is 0 Å². The zero-order chi connectivity index (χ0) is 18.8. The molecule has 11 heteroatoms. The van der Waals surface area contributed by atoms with Crippen molar-refractivity contribution >= 4 is 51.8 Å². The molecule has 0 spiro atoms. The van der Waals surface area contributed by atoms with Gasteiger partial charge < -0.3 is 18.8 Å². The summed E-state index contributed by atoms with van der Waals surface area (Å²) in [5.41, 5.74) is -0.103. The Kier molecular flexibility index (Phi) is 7.29.